The van der Waals surface area contributed by atoms with Gasteiger partial charge in [-0.3, -0.25) is 9.59 Å². The molecule has 1 atom stereocenters. The van der Waals surface area contributed by atoms with Crippen molar-refractivity contribution in [1.82, 2.24) is 14.6 Å². The van der Waals surface area contributed by atoms with Crippen molar-refractivity contribution in [3.63, 3.8) is 0 Å². The van der Waals surface area contributed by atoms with Gasteiger partial charge >= 0.3 is 5.97 Å². The highest BCUT2D eigenvalue weighted by Crippen LogP contribution is 2.28. The second-order valence-electron chi connectivity index (χ2n) is 7.91. The molecule has 2 aromatic heterocycles. The summed E-state index contributed by atoms with van der Waals surface area (Å²) in [7, 11) is 1.65. The molecular weight excluding hydrogens is 450 g/mol. The van der Waals surface area contributed by atoms with E-state index < -0.39 is 5.97 Å². The van der Waals surface area contributed by atoms with Crippen LogP contribution in [0, 0.1) is 0 Å². The van der Waals surface area contributed by atoms with Crippen molar-refractivity contribution in [3.8, 4) is 11.5 Å². The quantitative estimate of drug-likeness (QED) is 0.285. The van der Waals surface area contributed by atoms with Crippen LogP contribution in [0.5, 0.6) is 11.5 Å². The number of nitrogens with zero attached hydrogens (tertiary/aromatic N) is 3. The first-order valence-electron chi connectivity index (χ1n) is 10.7. The lowest BCUT2D eigenvalue weighted by molar-refractivity contribution is -0.131. The van der Waals surface area contributed by atoms with Crippen molar-refractivity contribution < 1.29 is 14.3 Å². The van der Waals surface area contributed by atoms with Crippen molar-refractivity contribution >= 4 is 39.1 Å². The van der Waals surface area contributed by atoms with E-state index in [1.165, 1.54) is 22.8 Å². The summed E-state index contributed by atoms with van der Waals surface area (Å²) < 4.78 is 12.3. The van der Waals surface area contributed by atoms with Crippen molar-refractivity contribution in [1.29, 1.82) is 0 Å². The molecule has 8 heteroatoms. The summed E-state index contributed by atoms with van der Waals surface area (Å²) in [6.07, 6.45) is 1.70. The maximum Gasteiger partial charge on any atom is 0.308 e. The number of hydrogen-bond donors (Lipinski definition) is 0. The average molecular weight is 472 g/mol. The Morgan fingerprint density at radius 2 is 1.85 bits per heavy atom. The van der Waals surface area contributed by atoms with Gasteiger partial charge in [-0.05, 0) is 40.6 Å². The molecule has 34 heavy (non-hydrogen) atoms. The molecule has 0 N–H and O–H groups in total. The Labute approximate surface area is 198 Å². The summed E-state index contributed by atoms with van der Waals surface area (Å²) in [5.74, 6) is 1.29. The number of methoxy groups -OCH3 is 1. The minimum absolute atomic E-state index is 0.0878. The van der Waals surface area contributed by atoms with E-state index in [4.69, 9.17) is 9.47 Å². The minimum Gasteiger partial charge on any atom is -0.497 e. The maximum atomic E-state index is 13.0. The van der Waals surface area contributed by atoms with Gasteiger partial charge in [0.05, 0.1) is 11.6 Å². The van der Waals surface area contributed by atoms with Crippen LogP contribution in [-0.2, 0) is 4.79 Å². The maximum absolute atomic E-state index is 13.0. The normalized spacial score (nSPS) is 12.9. The zero-order valence-corrected chi connectivity index (χ0v) is 19.6. The van der Waals surface area contributed by atoms with Gasteiger partial charge in [0.15, 0.2) is 5.82 Å². The van der Waals surface area contributed by atoms with Gasteiger partial charge in [0.2, 0.25) is 4.96 Å². The molecule has 2 heterocycles. The molecule has 0 aliphatic heterocycles. The van der Waals surface area contributed by atoms with Crippen LogP contribution in [0.15, 0.2) is 65.5 Å². The van der Waals surface area contributed by atoms with Gasteiger partial charge in [-0.25, -0.2) is 4.98 Å². The Balaban J connectivity index is 1.49. The fourth-order valence-corrected chi connectivity index (χ4v) is 4.71. The highest BCUT2D eigenvalue weighted by Gasteiger charge is 2.18. The molecule has 170 valence electrons. The largest absolute Gasteiger partial charge is 0.497 e. The molecule has 0 spiro atoms. The SMILES string of the molecule is COc1ccc2cc(C(C)c3nc4s/c(=C\c5ccccc5OC(C)=O)c(=O)n4n3)ccc2c1. The second kappa shape index (κ2) is 8.72. The van der Waals surface area contributed by atoms with Gasteiger partial charge in [0, 0.05) is 18.4 Å². The zero-order chi connectivity index (χ0) is 23.8. The first kappa shape index (κ1) is 21.8. The topological polar surface area (TPSA) is 82.8 Å². The Bertz CT molecular complexity index is 1650. The summed E-state index contributed by atoms with van der Waals surface area (Å²) >= 11 is 1.25. The molecule has 1 unspecified atom stereocenters. The number of esters is 1. The molecule has 0 aliphatic rings. The molecular formula is C26H21N3O4S. The van der Waals surface area contributed by atoms with Gasteiger partial charge in [-0.1, -0.05) is 60.7 Å². The third kappa shape index (κ3) is 4.04. The number of hydrogen-bond acceptors (Lipinski definition) is 7. The van der Waals surface area contributed by atoms with Crippen LogP contribution in [-0.4, -0.2) is 27.7 Å². The number of ether oxygens (including phenoxy) is 2. The fraction of sp³-hybridized carbons (Fsp3) is 0.154. The Hall–Kier alpha value is -4.04. The predicted molar refractivity (Wildman–Crippen MR) is 132 cm³/mol. The smallest absolute Gasteiger partial charge is 0.308 e. The monoisotopic (exact) mass is 471 g/mol. The summed E-state index contributed by atoms with van der Waals surface area (Å²) in [5, 5.41) is 6.69. The Morgan fingerprint density at radius 3 is 2.62 bits per heavy atom. The van der Waals surface area contributed by atoms with Crippen LogP contribution >= 0.6 is 11.3 Å². The van der Waals surface area contributed by atoms with Crippen LogP contribution in [0.3, 0.4) is 0 Å². The number of fused-ring (bicyclic) bond motifs is 2. The molecule has 3 aromatic carbocycles. The summed E-state index contributed by atoms with van der Waals surface area (Å²) in [6, 6.07) is 19.2. The molecule has 5 aromatic rings. The Morgan fingerprint density at radius 1 is 1.09 bits per heavy atom. The summed E-state index contributed by atoms with van der Waals surface area (Å²) in [6.45, 7) is 3.37. The van der Waals surface area contributed by atoms with Gasteiger partial charge in [0.25, 0.3) is 5.56 Å². The van der Waals surface area contributed by atoms with Crippen LogP contribution in [0.1, 0.15) is 36.7 Å². The third-order valence-electron chi connectivity index (χ3n) is 5.62. The minimum atomic E-state index is -0.419. The number of rotatable bonds is 5. The van der Waals surface area contributed by atoms with Gasteiger partial charge in [0.1, 0.15) is 11.5 Å². The van der Waals surface area contributed by atoms with E-state index in [-0.39, 0.29) is 11.5 Å². The first-order chi connectivity index (χ1) is 16.4. The van der Waals surface area contributed by atoms with E-state index in [2.05, 4.69) is 22.2 Å². The highest BCUT2D eigenvalue weighted by molar-refractivity contribution is 7.15. The predicted octanol–water partition coefficient (Wildman–Crippen LogP) is 3.94. The molecule has 0 saturated heterocycles. The van der Waals surface area contributed by atoms with E-state index in [1.54, 1.807) is 31.4 Å². The summed E-state index contributed by atoms with van der Waals surface area (Å²) in [5.41, 5.74) is 1.44. The number of thiazole rings is 1. The van der Waals surface area contributed by atoms with Crippen LogP contribution in [0.25, 0.3) is 21.8 Å². The van der Waals surface area contributed by atoms with Crippen molar-refractivity contribution in [2.24, 2.45) is 0 Å². The number of carbonyl (C=O) groups is 1. The average Bonchev–Trinajstić information content (AvgIpc) is 3.38. The lowest BCUT2D eigenvalue weighted by Crippen LogP contribution is -2.24. The van der Waals surface area contributed by atoms with Crippen LogP contribution < -0.4 is 19.6 Å². The fourth-order valence-electron chi connectivity index (χ4n) is 3.81. The van der Waals surface area contributed by atoms with E-state index in [9.17, 15) is 9.59 Å². The standard InChI is InChI=1S/C26H21N3O4S/c1-15(17-8-9-19-13-21(32-3)11-10-18(19)12-17)24-27-26-29(28-24)25(31)23(34-26)14-20-6-4-5-7-22(20)33-16(2)30/h4-15H,1-3H3/b23-14-. The van der Waals surface area contributed by atoms with Gasteiger partial charge < -0.3 is 9.47 Å². The lowest BCUT2D eigenvalue weighted by Gasteiger charge is -2.10. The number of benzene rings is 3. The molecule has 0 bridgehead atoms. The molecule has 5 rings (SSSR count). The molecule has 0 amide bonds. The van der Waals surface area contributed by atoms with E-state index >= 15 is 0 Å². The highest BCUT2D eigenvalue weighted by atomic mass is 32.1. The molecule has 0 fully saturated rings. The number of para-hydroxylation sites is 1. The Kier molecular flexibility index (Phi) is 5.59. The van der Waals surface area contributed by atoms with E-state index in [0.29, 0.717) is 26.6 Å². The van der Waals surface area contributed by atoms with Gasteiger partial charge in [-0.2, -0.15) is 4.52 Å². The zero-order valence-electron chi connectivity index (χ0n) is 18.8. The van der Waals surface area contributed by atoms with Crippen LogP contribution in [0.4, 0.5) is 0 Å². The van der Waals surface area contributed by atoms with E-state index in [0.717, 1.165) is 22.1 Å². The molecule has 0 aliphatic carbocycles. The second-order valence-corrected chi connectivity index (χ2v) is 8.91. The summed E-state index contributed by atoms with van der Waals surface area (Å²) in [4.78, 5) is 29.5. The molecule has 7 nitrogen and oxygen atoms in total. The molecule has 0 saturated carbocycles. The molecule has 0 radical (unpaired) electrons. The lowest BCUT2D eigenvalue weighted by atomic mass is 9.97. The number of aromatic nitrogens is 3. The number of carbonyl (C=O) groups excluding carboxylic acids is 1. The van der Waals surface area contributed by atoms with E-state index in [1.807, 2.05) is 37.3 Å². The van der Waals surface area contributed by atoms with Crippen molar-refractivity contribution in [2.45, 2.75) is 19.8 Å². The first-order valence-corrected chi connectivity index (χ1v) is 11.5. The van der Waals surface area contributed by atoms with Gasteiger partial charge in [-0.15, -0.1) is 5.10 Å². The van der Waals surface area contributed by atoms with Crippen molar-refractivity contribution in [3.05, 3.63) is 92.5 Å². The van der Waals surface area contributed by atoms with Crippen molar-refractivity contribution in [2.75, 3.05) is 7.11 Å². The third-order valence-corrected chi connectivity index (χ3v) is 6.58. The van der Waals surface area contributed by atoms with Crippen LogP contribution in [0.2, 0.25) is 0 Å².